The smallest absolute Gasteiger partial charge is 0.230 e. The molecule has 0 amide bonds. The number of thiazole rings is 1. The van der Waals surface area contributed by atoms with Crippen molar-refractivity contribution in [3.05, 3.63) is 44.5 Å². The number of rotatable bonds is 3. The highest BCUT2D eigenvalue weighted by Crippen LogP contribution is 2.43. The third-order valence-corrected chi connectivity index (χ3v) is 6.89. The zero-order valence-electron chi connectivity index (χ0n) is 15.5. The maximum atomic E-state index is 10.9. The van der Waals surface area contributed by atoms with E-state index in [2.05, 4.69) is 28.8 Å². The van der Waals surface area contributed by atoms with Gasteiger partial charge in [0, 0.05) is 13.1 Å². The van der Waals surface area contributed by atoms with Crippen LogP contribution in [0.5, 0.6) is 5.88 Å². The lowest BCUT2D eigenvalue weighted by molar-refractivity contribution is 0.112. The van der Waals surface area contributed by atoms with E-state index in [-0.39, 0.29) is 11.9 Å². The van der Waals surface area contributed by atoms with Crippen LogP contribution in [-0.2, 0) is 0 Å². The molecule has 8 heteroatoms. The predicted molar refractivity (Wildman–Crippen MR) is 110 cm³/mol. The van der Waals surface area contributed by atoms with Gasteiger partial charge < -0.3 is 5.11 Å². The minimum absolute atomic E-state index is 0.112. The maximum absolute atomic E-state index is 10.9. The number of halogens is 2. The quantitative estimate of drug-likeness (QED) is 0.629. The van der Waals surface area contributed by atoms with E-state index in [0.717, 1.165) is 23.5 Å². The lowest BCUT2D eigenvalue weighted by Crippen LogP contribution is -2.41. The number of aromatic nitrogens is 3. The molecule has 2 aromatic heterocycles. The topological polar surface area (TPSA) is 53.7 Å². The van der Waals surface area contributed by atoms with Crippen molar-refractivity contribution in [3.63, 3.8) is 0 Å². The molecule has 1 aliphatic rings. The van der Waals surface area contributed by atoms with Gasteiger partial charge in [-0.2, -0.15) is 4.52 Å². The number of likely N-dealkylation sites (tertiary alicyclic amines) is 1. The molecule has 0 unspecified atom stereocenters. The lowest BCUT2D eigenvalue weighted by atomic mass is 9.89. The number of hydrogen-bond acceptors (Lipinski definition) is 5. The van der Waals surface area contributed by atoms with Crippen LogP contribution in [0.1, 0.15) is 42.6 Å². The van der Waals surface area contributed by atoms with Gasteiger partial charge in [-0.3, -0.25) is 4.90 Å². The van der Waals surface area contributed by atoms with Crippen LogP contribution in [0.2, 0.25) is 10.0 Å². The van der Waals surface area contributed by atoms with E-state index in [4.69, 9.17) is 23.2 Å². The van der Waals surface area contributed by atoms with Gasteiger partial charge >= 0.3 is 0 Å². The largest absolute Gasteiger partial charge is 0.492 e. The molecular formula is C19H22Cl2N4OS. The summed E-state index contributed by atoms with van der Waals surface area (Å²) >= 11 is 13.9. The Bertz CT molecular complexity index is 976. The molecule has 0 saturated carbocycles. The molecular weight excluding hydrogens is 403 g/mol. The van der Waals surface area contributed by atoms with E-state index >= 15 is 0 Å². The number of hydrogen-bond donors (Lipinski definition) is 1. The van der Waals surface area contributed by atoms with Gasteiger partial charge in [0.15, 0.2) is 0 Å². The minimum atomic E-state index is -0.112. The average molecular weight is 425 g/mol. The van der Waals surface area contributed by atoms with E-state index in [0.29, 0.717) is 32.7 Å². The second-order valence-corrected chi connectivity index (χ2v) is 9.44. The van der Waals surface area contributed by atoms with Gasteiger partial charge in [0.25, 0.3) is 0 Å². The highest BCUT2D eigenvalue weighted by atomic mass is 35.5. The standard InChI is InChI=1S/C19H22Cl2N4OS/c1-10-6-11(2)9-24(8-10)16(13-4-5-14(20)15(21)7-13)17-18(26)25-19(27-17)22-12(3)23-25/h4-5,7,10-11,16,26H,6,8-9H2,1-3H3/t10-,11+,16-/m0/s1. The number of aryl methyl sites for hydroxylation is 1. The summed E-state index contributed by atoms with van der Waals surface area (Å²) in [6, 6.07) is 5.60. The fourth-order valence-electron chi connectivity index (χ4n) is 4.16. The number of piperidine rings is 1. The highest BCUT2D eigenvalue weighted by molar-refractivity contribution is 7.17. The van der Waals surface area contributed by atoms with E-state index < -0.39 is 0 Å². The second kappa shape index (κ2) is 7.24. The normalized spacial score (nSPS) is 22.4. The molecule has 4 rings (SSSR count). The van der Waals surface area contributed by atoms with E-state index in [1.54, 1.807) is 0 Å². The SMILES string of the molecule is Cc1nc2sc([C@H](c3ccc(Cl)c(Cl)c3)N3C[C@H](C)C[C@H](C)C3)c(O)n2n1. The molecule has 3 atom stereocenters. The predicted octanol–water partition coefficient (Wildman–Crippen LogP) is 5.18. The van der Waals surface area contributed by atoms with Crippen LogP contribution in [0.3, 0.4) is 0 Å². The van der Waals surface area contributed by atoms with Crippen molar-refractivity contribution in [3.8, 4) is 5.88 Å². The summed E-state index contributed by atoms with van der Waals surface area (Å²) in [5, 5.41) is 16.3. The Kier molecular flexibility index (Phi) is 5.10. The molecule has 144 valence electrons. The molecule has 1 fully saturated rings. The van der Waals surface area contributed by atoms with Crippen LogP contribution >= 0.6 is 34.5 Å². The molecule has 0 bridgehead atoms. The van der Waals surface area contributed by atoms with Gasteiger partial charge in [0.05, 0.1) is 21.0 Å². The molecule has 3 heterocycles. The summed E-state index contributed by atoms with van der Waals surface area (Å²) in [7, 11) is 0. The van der Waals surface area contributed by atoms with Gasteiger partial charge in [-0.1, -0.05) is 54.5 Å². The van der Waals surface area contributed by atoms with Gasteiger partial charge in [0.1, 0.15) is 5.82 Å². The van der Waals surface area contributed by atoms with Crippen LogP contribution in [0.25, 0.3) is 4.96 Å². The van der Waals surface area contributed by atoms with Crippen molar-refractivity contribution in [1.29, 1.82) is 0 Å². The van der Waals surface area contributed by atoms with Crippen molar-refractivity contribution in [2.24, 2.45) is 11.8 Å². The van der Waals surface area contributed by atoms with Crippen molar-refractivity contribution >= 4 is 39.5 Å². The molecule has 0 radical (unpaired) electrons. The molecule has 1 aliphatic heterocycles. The van der Waals surface area contributed by atoms with Crippen molar-refractivity contribution < 1.29 is 5.11 Å². The second-order valence-electron chi connectivity index (χ2n) is 7.62. The van der Waals surface area contributed by atoms with Crippen LogP contribution in [-0.4, -0.2) is 37.7 Å². The first-order chi connectivity index (χ1) is 12.8. The molecule has 1 N–H and O–H groups in total. The van der Waals surface area contributed by atoms with Crippen molar-refractivity contribution in [2.75, 3.05) is 13.1 Å². The van der Waals surface area contributed by atoms with Gasteiger partial charge in [-0.15, -0.1) is 5.10 Å². The third kappa shape index (κ3) is 3.56. The summed E-state index contributed by atoms with van der Waals surface area (Å²) in [5.41, 5.74) is 1.02. The summed E-state index contributed by atoms with van der Waals surface area (Å²) < 4.78 is 1.52. The van der Waals surface area contributed by atoms with Crippen LogP contribution in [0.15, 0.2) is 18.2 Å². The number of aromatic hydroxyl groups is 1. The Hall–Kier alpha value is -1.34. The Morgan fingerprint density at radius 2 is 1.89 bits per heavy atom. The van der Waals surface area contributed by atoms with E-state index in [9.17, 15) is 5.11 Å². The Morgan fingerprint density at radius 3 is 2.52 bits per heavy atom. The number of benzene rings is 1. The van der Waals surface area contributed by atoms with Gasteiger partial charge in [-0.05, 0) is 42.9 Å². The third-order valence-electron chi connectivity index (χ3n) is 5.08. The van der Waals surface area contributed by atoms with Gasteiger partial charge in [0.2, 0.25) is 10.8 Å². The molecule has 3 aromatic rings. The number of nitrogens with zero attached hydrogens (tertiary/aromatic N) is 4. The number of fused-ring (bicyclic) bond motifs is 1. The van der Waals surface area contributed by atoms with Crippen LogP contribution < -0.4 is 0 Å². The van der Waals surface area contributed by atoms with E-state index in [1.807, 2.05) is 25.1 Å². The summed E-state index contributed by atoms with van der Waals surface area (Å²) in [6.07, 6.45) is 1.21. The minimum Gasteiger partial charge on any atom is -0.492 e. The fraction of sp³-hybridized carbons (Fsp3) is 0.474. The first kappa shape index (κ1) is 19.0. The zero-order chi connectivity index (χ0) is 19.3. The molecule has 5 nitrogen and oxygen atoms in total. The van der Waals surface area contributed by atoms with E-state index in [1.165, 1.54) is 22.3 Å². The molecule has 0 aliphatic carbocycles. The Labute approximate surface area is 172 Å². The molecule has 1 aromatic carbocycles. The Morgan fingerprint density at radius 1 is 1.19 bits per heavy atom. The molecule has 0 spiro atoms. The van der Waals surface area contributed by atoms with Crippen LogP contribution in [0.4, 0.5) is 0 Å². The maximum Gasteiger partial charge on any atom is 0.230 e. The van der Waals surface area contributed by atoms with Gasteiger partial charge in [-0.25, -0.2) is 4.98 Å². The van der Waals surface area contributed by atoms with Crippen molar-refractivity contribution in [1.82, 2.24) is 19.5 Å². The summed E-state index contributed by atoms with van der Waals surface area (Å²) in [4.78, 5) is 8.38. The first-order valence-electron chi connectivity index (χ1n) is 9.07. The fourth-order valence-corrected chi connectivity index (χ4v) is 5.63. The highest BCUT2D eigenvalue weighted by Gasteiger charge is 2.33. The molecule has 1 saturated heterocycles. The average Bonchev–Trinajstić information content (AvgIpc) is 3.08. The first-order valence-corrected chi connectivity index (χ1v) is 10.6. The zero-order valence-corrected chi connectivity index (χ0v) is 17.8. The van der Waals surface area contributed by atoms with Crippen molar-refractivity contribution in [2.45, 2.75) is 33.2 Å². The van der Waals surface area contributed by atoms with Crippen LogP contribution in [0, 0.1) is 18.8 Å². The lowest BCUT2D eigenvalue weighted by Gasteiger charge is -2.40. The molecule has 27 heavy (non-hydrogen) atoms. The monoisotopic (exact) mass is 424 g/mol. The summed E-state index contributed by atoms with van der Waals surface area (Å²) in [5.74, 6) is 1.98. The Balaban J connectivity index is 1.85. The summed E-state index contributed by atoms with van der Waals surface area (Å²) in [6.45, 7) is 8.30.